The molecule has 2 N–H and O–H groups in total. The average Bonchev–Trinajstić information content (AvgIpc) is 3.18. The summed E-state index contributed by atoms with van der Waals surface area (Å²) in [6, 6.07) is 4.21. The second-order valence-corrected chi connectivity index (χ2v) is 5.11. The van der Waals surface area contributed by atoms with Crippen LogP contribution in [0.4, 0.5) is 13.2 Å². The Morgan fingerprint density at radius 3 is 2.65 bits per heavy atom. The number of rotatable bonds is 5. The van der Waals surface area contributed by atoms with Gasteiger partial charge in [0.25, 0.3) is 0 Å². The molecule has 0 saturated heterocycles. The Bertz CT molecular complexity index is 934. The number of nitrogens with two attached hydrogens (primary N) is 1. The van der Waals surface area contributed by atoms with E-state index >= 15 is 0 Å². The number of hydrogen-bond donors (Lipinski definition) is 1. The molecule has 2 heterocycles. The molecule has 0 unspecified atom stereocenters. The molecule has 140 valence electrons. The lowest BCUT2D eigenvalue weighted by Gasteiger charge is -2.09. The van der Waals surface area contributed by atoms with E-state index in [1.807, 2.05) is 0 Å². The fraction of sp³-hybridized carbons (Fsp3) is 0.286. The van der Waals surface area contributed by atoms with E-state index < -0.39 is 17.5 Å². The van der Waals surface area contributed by atoms with Gasteiger partial charge in [0, 0.05) is 0 Å². The van der Waals surface area contributed by atoms with E-state index in [9.17, 15) is 18.0 Å². The maximum absolute atomic E-state index is 12.9. The van der Waals surface area contributed by atoms with Gasteiger partial charge in [0.2, 0.25) is 5.82 Å². The highest BCUT2D eigenvalue weighted by molar-refractivity contribution is 14.0. The Morgan fingerprint density at radius 1 is 1.19 bits per heavy atom. The molecule has 0 aliphatic heterocycles. The number of hydrogen-bond acceptors (Lipinski definition) is 7. The summed E-state index contributed by atoms with van der Waals surface area (Å²) in [4.78, 5) is 12.0. The van der Waals surface area contributed by atoms with E-state index in [0.717, 1.165) is 16.7 Å². The maximum Gasteiger partial charge on any atom is 0.446 e. The lowest BCUT2D eigenvalue weighted by molar-refractivity contribution is -0.137. The van der Waals surface area contributed by atoms with Gasteiger partial charge in [-0.15, -0.1) is 24.0 Å². The molecule has 8 nitrogen and oxygen atoms in total. The van der Waals surface area contributed by atoms with Crippen molar-refractivity contribution in [2.75, 3.05) is 6.54 Å². The largest absolute Gasteiger partial charge is 0.446 e. The highest BCUT2D eigenvalue weighted by Crippen LogP contribution is 2.31. The Hall–Kier alpha value is -2.22. The molecule has 0 spiro atoms. The van der Waals surface area contributed by atoms with Gasteiger partial charge in [-0.25, -0.2) is 14.0 Å². The predicted molar refractivity (Wildman–Crippen MR) is 93.2 cm³/mol. The Morgan fingerprint density at radius 2 is 1.96 bits per heavy atom. The molecule has 0 saturated carbocycles. The third-order valence-electron chi connectivity index (χ3n) is 3.42. The molecule has 0 aliphatic rings. The minimum absolute atomic E-state index is 0. The van der Waals surface area contributed by atoms with Crippen molar-refractivity contribution in [1.82, 2.24) is 20.0 Å². The number of alkyl halides is 3. The van der Waals surface area contributed by atoms with Crippen LogP contribution in [0.15, 0.2) is 38.2 Å². The van der Waals surface area contributed by atoms with Crippen molar-refractivity contribution in [2.24, 2.45) is 5.73 Å². The van der Waals surface area contributed by atoms with Gasteiger partial charge in [-0.3, -0.25) is 4.52 Å². The normalized spacial score (nSPS) is 11.4. The number of aryl methyl sites for hydroxylation is 1. The van der Waals surface area contributed by atoms with Gasteiger partial charge in [-0.2, -0.15) is 13.2 Å². The zero-order valence-electron chi connectivity index (χ0n) is 13.1. The Labute approximate surface area is 161 Å². The molecule has 26 heavy (non-hydrogen) atoms. The quantitative estimate of drug-likeness (QED) is 0.555. The molecular weight excluding hydrogens is 470 g/mol. The first-order valence-electron chi connectivity index (χ1n) is 7.20. The fourth-order valence-corrected chi connectivity index (χ4v) is 2.26. The Kier molecular flexibility index (Phi) is 6.17. The molecular formula is C14H13F3IN5O3. The van der Waals surface area contributed by atoms with Gasteiger partial charge in [0.1, 0.15) is 5.69 Å². The van der Waals surface area contributed by atoms with Crippen LogP contribution in [-0.2, 0) is 12.6 Å². The molecule has 2 aromatic heterocycles. The van der Waals surface area contributed by atoms with Crippen LogP contribution in [0.2, 0.25) is 0 Å². The minimum Gasteiger partial charge on any atom is -0.330 e. The summed E-state index contributed by atoms with van der Waals surface area (Å²) in [6.07, 6.45) is -3.58. The SMILES string of the molecule is I.NCCCc1nonc1-c1noc(=O)n1-c1cccc(C(F)(F)F)c1. The van der Waals surface area contributed by atoms with Crippen molar-refractivity contribution in [3.63, 3.8) is 0 Å². The van der Waals surface area contributed by atoms with Crippen LogP contribution in [0.1, 0.15) is 17.7 Å². The topological polar surface area (TPSA) is 113 Å². The minimum atomic E-state index is -4.56. The van der Waals surface area contributed by atoms with Crippen LogP contribution in [0.25, 0.3) is 17.2 Å². The fourth-order valence-electron chi connectivity index (χ4n) is 2.26. The Balaban J connectivity index is 0.00000243. The van der Waals surface area contributed by atoms with Gasteiger partial charge in [0.05, 0.1) is 11.3 Å². The molecule has 0 radical (unpaired) electrons. The molecule has 0 bridgehead atoms. The molecule has 3 aromatic rings. The van der Waals surface area contributed by atoms with Crippen molar-refractivity contribution in [1.29, 1.82) is 0 Å². The molecule has 3 rings (SSSR count). The van der Waals surface area contributed by atoms with E-state index in [1.54, 1.807) is 0 Å². The van der Waals surface area contributed by atoms with E-state index in [-0.39, 0.29) is 41.2 Å². The van der Waals surface area contributed by atoms with Crippen LogP contribution in [0.5, 0.6) is 0 Å². The van der Waals surface area contributed by atoms with Gasteiger partial charge in [0.15, 0.2) is 5.69 Å². The van der Waals surface area contributed by atoms with E-state index in [1.165, 1.54) is 12.1 Å². The summed E-state index contributed by atoms with van der Waals surface area (Å²) >= 11 is 0. The van der Waals surface area contributed by atoms with Crippen molar-refractivity contribution in [3.8, 4) is 17.2 Å². The lowest BCUT2D eigenvalue weighted by Crippen LogP contribution is -2.15. The van der Waals surface area contributed by atoms with E-state index in [2.05, 4.69) is 24.6 Å². The number of aromatic nitrogens is 4. The molecule has 0 atom stereocenters. The van der Waals surface area contributed by atoms with Crippen LogP contribution >= 0.6 is 24.0 Å². The number of halogens is 4. The molecule has 0 aliphatic carbocycles. The zero-order valence-corrected chi connectivity index (χ0v) is 15.4. The van der Waals surface area contributed by atoms with Gasteiger partial charge >= 0.3 is 11.9 Å². The van der Waals surface area contributed by atoms with E-state index in [4.69, 9.17) is 5.73 Å². The third-order valence-corrected chi connectivity index (χ3v) is 3.42. The number of nitrogens with zero attached hydrogens (tertiary/aromatic N) is 4. The first kappa shape index (κ1) is 20.1. The molecule has 12 heteroatoms. The monoisotopic (exact) mass is 483 g/mol. The number of benzene rings is 1. The summed E-state index contributed by atoms with van der Waals surface area (Å²) in [5.74, 6) is -1.06. The predicted octanol–water partition coefficient (Wildman–Crippen LogP) is 2.40. The van der Waals surface area contributed by atoms with Crippen LogP contribution < -0.4 is 11.5 Å². The van der Waals surface area contributed by atoms with Crippen LogP contribution in [0, 0.1) is 0 Å². The average molecular weight is 483 g/mol. The summed E-state index contributed by atoms with van der Waals surface area (Å²) in [5, 5.41) is 11.0. The van der Waals surface area contributed by atoms with Crippen LogP contribution in [0.3, 0.4) is 0 Å². The standard InChI is InChI=1S/C14H12F3N5O3.HI/c15-14(16,17)8-3-1-4-9(7-8)22-12(21-24-13(22)23)11-10(5-2-6-18)19-25-20-11;/h1,3-4,7H,2,5-6,18H2;1H. The molecule has 0 fully saturated rings. The highest BCUT2D eigenvalue weighted by Gasteiger charge is 2.31. The van der Waals surface area contributed by atoms with E-state index in [0.29, 0.717) is 25.1 Å². The molecule has 0 amide bonds. The maximum atomic E-state index is 12.9. The molecule has 1 aromatic carbocycles. The first-order valence-corrected chi connectivity index (χ1v) is 7.20. The second kappa shape index (κ2) is 7.99. The highest BCUT2D eigenvalue weighted by atomic mass is 127. The van der Waals surface area contributed by atoms with Gasteiger partial charge < -0.3 is 5.73 Å². The lowest BCUT2D eigenvalue weighted by atomic mass is 10.1. The zero-order chi connectivity index (χ0) is 18.0. The van der Waals surface area contributed by atoms with Crippen molar-refractivity contribution >= 4 is 24.0 Å². The first-order chi connectivity index (χ1) is 11.9. The van der Waals surface area contributed by atoms with Crippen molar-refractivity contribution in [3.05, 3.63) is 46.1 Å². The summed E-state index contributed by atoms with van der Waals surface area (Å²) < 4.78 is 48.9. The summed E-state index contributed by atoms with van der Waals surface area (Å²) in [5.41, 5.74) is 4.95. The van der Waals surface area contributed by atoms with Gasteiger partial charge in [-0.1, -0.05) is 16.4 Å². The third kappa shape index (κ3) is 3.95. The van der Waals surface area contributed by atoms with Crippen molar-refractivity contribution < 1.29 is 22.3 Å². The smallest absolute Gasteiger partial charge is 0.330 e. The summed E-state index contributed by atoms with van der Waals surface area (Å²) in [7, 11) is 0. The second-order valence-electron chi connectivity index (χ2n) is 5.11. The van der Waals surface area contributed by atoms with Crippen LogP contribution in [-0.4, -0.2) is 26.6 Å². The van der Waals surface area contributed by atoms with Crippen molar-refractivity contribution in [2.45, 2.75) is 19.0 Å². The van der Waals surface area contributed by atoms with Gasteiger partial charge in [-0.05, 0) is 42.7 Å². The summed E-state index contributed by atoms with van der Waals surface area (Å²) in [6.45, 7) is 0.394.